The zero-order valence-electron chi connectivity index (χ0n) is 16.6. The number of aromatic nitrogens is 1. The van der Waals surface area contributed by atoms with Crippen LogP contribution in [0.2, 0.25) is 0 Å². The van der Waals surface area contributed by atoms with Crippen molar-refractivity contribution in [3.8, 4) is 5.75 Å². The number of hydrogen-bond donors (Lipinski definition) is 1. The van der Waals surface area contributed by atoms with Gasteiger partial charge in [0.1, 0.15) is 11.3 Å². The lowest BCUT2D eigenvalue weighted by atomic mass is 9.84. The summed E-state index contributed by atoms with van der Waals surface area (Å²) in [6.07, 6.45) is 4.03. The number of carbonyl (C=O) groups is 1. The Labute approximate surface area is 174 Å². The lowest BCUT2D eigenvalue weighted by Crippen LogP contribution is -2.52. The van der Waals surface area contributed by atoms with Crippen molar-refractivity contribution >= 4 is 28.7 Å². The first kappa shape index (κ1) is 17.8. The average molecular weight is 405 g/mol. The van der Waals surface area contributed by atoms with Crippen molar-refractivity contribution in [1.82, 2.24) is 4.98 Å². The number of nitrogens with zero attached hydrogens (tertiary/aromatic N) is 2. The minimum absolute atomic E-state index is 0.101. The fraction of sp³-hybridized carbons (Fsp3) is 0.391. The predicted octanol–water partition coefficient (Wildman–Crippen LogP) is 3.77. The molecular formula is C23H23N3O4. The normalized spacial score (nSPS) is 19.4. The summed E-state index contributed by atoms with van der Waals surface area (Å²) in [5.41, 5.74) is 3.96. The highest BCUT2D eigenvalue weighted by Gasteiger charge is 2.41. The van der Waals surface area contributed by atoms with Gasteiger partial charge in [-0.15, -0.1) is 0 Å². The molecule has 2 fully saturated rings. The van der Waals surface area contributed by atoms with Crippen LogP contribution in [0.5, 0.6) is 5.75 Å². The highest BCUT2D eigenvalue weighted by Crippen LogP contribution is 2.38. The number of anilines is 2. The first-order valence-corrected chi connectivity index (χ1v) is 10.5. The van der Waals surface area contributed by atoms with Crippen LogP contribution in [0.15, 0.2) is 40.8 Å². The summed E-state index contributed by atoms with van der Waals surface area (Å²) in [5.74, 6) is 0.727. The van der Waals surface area contributed by atoms with Crippen LogP contribution in [0.3, 0.4) is 0 Å². The van der Waals surface area contributed by atoms with E-state index in [0.29, 0.717) is 23.9 Å². The number of oxazole rings is 1. The Bertz CT molecular complexity index is 1120. The molecule has 1 amide bonds. The maximum Gasteiger partial charge on any atom is 0.298 e. The molecule has 0 aliphatic carbocycles. The summed E-state index contributed by atoms with van der Waals surface area (Å²) in [6, 6.07) is 11.8. The maximum absolute atomic E-state index is 12.7. The van der Waals surface area contributed by atoms with Crippen LogP contribution in [0.1, 0.15) is 35.2 Å². The molecule has 0 atom stereocenters. The van der Waals surface area contributed by atoms with Gasteiger partial charge in [-0.1, -0.05) is 0 Å². The lowest BCUT2D eigenvalue weighted by molar-refractivity contribution is -0.158. The van der Waals surface area contributed by atoms with Crippen LogP contribution in [-0.2, 0) is 11.2 Å². The number of carbonyl (C=O) groups excluding carboxylic acids is 1. The van der Waals surface area contributed by atoms with E-state index in [9.17, 15) is 4.79 Å². The van der Waals surface area contributed by atoms with E-state index >= 15 is 0 Å². The Kier molecular flexibility index (Phi) is 3.99. The summed E-state index contributed by atoms with van der Waals surface area (Å²) in [6.45, 7) is 3.34. The van der Waals surface area contributed by atoms with Crippen molar-refractivity contribution in [1.29, 1.82) is 0 Å². The Morgan fingerprint density at radius 2 is 1.93 bits per heavy atom. The van der Waals surface area contributed by atoms with Crippen LogP contribution in [0, 0.1) is 0 Å². The van der Waals surface area contributed by atoms with Gasteiger partial charge in [-0.25, -0.2) is 0 Å². The van der Waals surface area contributed by atoms with Crippen molar-refractivity contribution in [3.63, 3.8) is 0 Å². The second-order valence-electron chi connectivity index (χ2n) is 8.32. The molecule has 4 heterocycles. The van der Waals surface area contributed by atoms with Gasteiger partial charge in [0, 0.05) is 30.8 Å². The fourth-order valence-electron chi connectivity index (χ4n) is 4.55. The van der Waals surface area contributed by atoms with Crippen molar-refractivity contribution < 1.29 is 18.7 Å². The molecule has 2 saturated heterocycles. The van der Waals surface area contributed by atoms with Crippen LogP contribution in [-0.4, -0.2) is 42.8 Å². The molecule has 1 spiro atoms. The molecule has 1 N–H and O–H groups in total. The summed E-state index contributed by atoms with van der Waals surface area (Å²) in [5, 5.41) is 2.96. The number of hydrogen-bond acceptors (Lipinski definition) is 6. The summed E-state index contributed by atoms with van der Waals surface area (Å²) >= 11 is 0. The van der Waals surface area contributed by atoms with Gasteiger partial charge in [-0.3, -0.25) is 4.79 Å². The third-order valence-electron chi connectivity index (χ3n) is 6.50. The Morgan fingerprint density at radius 3 is 2.73 bits per heavy atom. The number of benzene rings is 2. The maximum atomic E-state index is 12.7. The molecule has 7 nitrogen and oxygen atoms in total. The van der Waals surface area contributed by atoms with Crippen LogP contribution < -0.4 is 15.0 Å². The van der Waals surface area contributed by atoms with Crippen LogP contribution >= 0.6 is 0 Å². The molecule has 3 aliphatic heterocycles. The number of piperidine rings is 1. The molecule has 0 bridgehead atoms. The molecular weight excluding hydrogens is 382 g/mol. The molecule has 1 aromatic heterocycles. The van der Waals surface area contributed by atoms with Crippen LogP contribution in [0.25, 0.3) is 11.1 Å². The van der Waals surface area contributed by atoms with E-state index in [4.69, 9.17) is 13.9 Å². The van der Waals surface area contributed by atoms with Gasteiger partial charge in [-0.2, -0.15) is 4.98 Å². The van der Waals surface area contributed by atoms with Crippen molar-refractivity contribution in [2.45, 2.75) is 31.3 Å². The van der Waals surface area contributed by atoms with Gasteiger partial charge in [0.2, 0.25) is 0 Å². The van der Waals surface area contributed by atoms with E-state index in [1.807, 2.05) is 30.3 Å². The molecule has 2 aromatic carbocycles. The number of ether oxygens (including phenoxy) is 2. The molecule has 6 rings (SSSR count). The molecule has 0 saturated carbocycles. The molecule has 0 radical (unpaired) electrons. The third-order valence-corrected chi connectivity index (χ3v) is 6.50. The summed E-state index contributed by atoms with van der Waals surface area (Å²) in [7, 11) is 0. The van der Waals surface area contributed by atoms with E-state index in [2.05, 4.69) is 15.2 Å². The van der Waals surface area contributed by atoms with Crippen LogP contribution in [0.4, 0.5) is 11.7 Å². The van der Waals surface area contributed by atoms with Crippen molar-refractivity contribution in [3.05, 3.63) is 47.5 Å². The number of fused-ring (bicyclic) bond motifs is 2. The molecule has 7 heteroatoms. The van der Waals surface area contributed by atoms with Gasteiger partial charge in [0.25, 0.3) is 11.9 Å². The number of amides is 1. The van der Waals surface area contributed by atoms with Gasteiger partial charge in [0.05, 0.1) is 18.8 Å². The molecule has 30 heavy (non-hydrogen) atoms. The first-order valence-electron chi connectivity index (χ1n) is 10.5. The van der Waals surface area contributed by atoms with E-state index in [1.165, 1.54) is 0 Å². The van der Waals surface area contributed by atoms with Gasteiger partial charge >= 0.3 is 0 Å². The molecule has 3 aliphatic rings. The topological polar surface area (TPSA) is 76.8 Å². The Morgan fingerprint density at radius 1 is 1.07 bits per heavy atom. The van der Waals surface area contributed by atoms with Gasteiger partial charge < -0.3 is 24.1 Å². The minimum Gasteiger partial charge on any atom is -0.493 e. The second-order valence-corrected chi connectivity index (χ2v) is 8.32. The molecule has 0 unspecified atom stereocenters. The predicted molar refractivity (Wildman–Crippen MR) is 112 cm³/mol. The van der Waals surface area contributed by atoms with Crippen molar-refractivity contribution in [2.75, 3.05) is 36.5 Å². The first-order chi connectivity index (χ1) is 14.7. The van der Waals surface area contributed by atoms with E-state index in [-0.39, 0.29) is 11.5 Å². The zero-order chi connectivity index (χ0) is 20.1. The highest BCUT2D eigenvalue weighted by molar-refractivity contribution is 6.05. The fourth-order valence-corrected chi connectivity index (χ4v) is 4.55. The highest BCUT2D eigenvalue weighted by atomic mass is 16.5. The Balaban J connectivity index is 1.18. The lowest BCUT2D eigenvalue weighted by Gasteiger charge is -2.47. The monoisotopic (exact) mass is 405 g/mol. The number of nitrogens with one attached hydrogen (secondary N) is 1. The zero-order valence-corrected chi connectivity index (χ0v) is 16.6. The van der Waals surface area contributed by atoms with Gasteiger partial charge in [0.15, 0.2) is 5.58 Å². The average Bonchev–Trinajstić information content (AvgIpc) is 3.38. The molecule has 3 aromatic rings. The van der Waals surface area contributed by atoms with Crippen molar-refractivity contribution in [2.24, 2.45) is 0 Å². The third kappa shape index (κ3) is 3.01. The summed E-state index contributed by atoms with van der Waals surface area (Å²) in [4.78, 5) is 19.5. The smallest absolute Gasteiger partial charge is 0.298 e. The van der Waals surface area contributed by atoms with Gasteiger partial charge in [-0.05, 0) is 61.2 Å². The standard InChI is InChI=1S/C23H23N3O4/c27-21(16-1-3-19-15(13-16)5-11-28-19)24-17-2-4-20-18(14-17)25-22(30-20)26-9-6-23(7-10-26)8-12-29-23/h1-4,13-14H,5-12H2,(H,24,27). The van der Waals surface area contributed by atoms with E-state index < -0.39 is 0 Å². The second kappa shape index (κ2) is 6.74. The van der Waals surface area contributed by atoms with E-state index in [0.717, 1.165) is 67.8 Å². The SMILES string of the molecule is O=C(Nc1ccc2oc(N3CCC4(CCO4)CC3)nc2c1)c1ccc2c(c1)CCO2. The Hall–Kier alpha value is -3.06. The summed E-state index contributed by atoms with van der Waals surface area (Å²) < 4.78 is 17.3. The largest absolute Gasteiger partial charge is 0.493 e. The number of rotatable bonds is 3. The quantitative estimate of drug-likeness (QED) is 0.715. The molecule has 154 valence electrons. The van der Waals surface area contributed by atoms with E-state index in [1.54, 1.807) is 6.07 Å². The minimum atomic E-state index is -0.144.